The third-order valence-corrected chi connectivity index (χ3v) is 2.24. The molecule has 3 heteroatoms. The highest BCUT2D eigenvalue weighted by atomic mass is 127. The Labute approximate surface area is 94.1 Å². The normalized spacial score (nSPS) is 7.45. The van der Waals surface area contributed by atoms with Gasteiger partial charge in [0.1, 0.15) is 0 Å². The molecule has 0 bridgehead atoms. The Bertz CT molecular complexity index is 214. The van der Waals surface area contributed by atoms with Gasteiger partial charge in [0.15, 0.2) is 0 Å². The first-order valence-electron chi connectivity index (χ1n) is 2.92. The molecule has 1 aromatic carbocycles. The van der Waals surface area contributed by atoms with E-state index in [0.717, 1.165) is 0 Å². The van der Waals surface area contributed by atoms with E-state index in [4.69, 9.17) is 5.26 Å². The molecule has 0 heterocycles. The van der Waals surface area contributed by atoms with Crippen molar-refractivity contribution in [1.82, 2.24) is 0 Å². The smallest absolute Gasteiger partial charge is 0.0587 e. The highest BCUT2D eigenvalue weighted by molar-refractivity contribution is 14.1. The van der Waals surface area contributed by atoms with Crippen LogP contribution in [0.1, 0.15) is 6.92 Å². The lowest BCUT2D eigenvalue weighted by molar-refractivity contribution is 1.49. The minimum Gasteiger partial charge on any atom is -0.199 e. The van der Waals surface area contributed by atoms with Gasteiger partial charge in [-0.05, 0) is 69.4 Å². The second-order valence-electron chi connectivity index (χ2n) is 1.66. The van der Waals surface area contributed by atoms with E-state index in [1.165, 1.54) is 14.1 Å². The molecule has 0 spiro atoms. The minimum absolute atomic E-state index is 1.29. The summed E-state index contributed by atoms with van der Waals surface area (Å²) in [4.78, 5) is 0. The largest absolute Gasteiger partial charge is 0.199 e. The molecule has 0 atom stereocenters. The lowest BCUT2D eigenvalue weighted by atomic mass is 10.4. The molecule has 0 amide bonds. The van der Waals surface area contributed by atoms with Crippen LogP contribution in [0, 0.1) is 18.5 Å². The van der Waals surface area contributed by atoms with Crippen molar-refractivity contribution in [3.63, 3.8) is 0 Å². The molecule has 1 nitrogen and oxygen atoms in total. The zero-order chi connectivity index (χ0) is 8.69. The zero-order valence-electron chi connectivity index (χ0n) is 6.01. The molecule has 1 aromatic rings. The topological polar surface area (TPSA) is 23.8 Å². The summed E-state index contributed by atoms with van der Waals surface area (Å²) in [6.45, 7) is 1.43. The summed E-state index contributed by atoms with van der Waals surface area (Å²) in [6.07, 6.45) is 0. The number of hydrogen-bond donors (Lipinski definition) is 0. The molecular weight excluding hydrogens is 364 g/mol. The predicted octanol–water partition coefficient (Wildman–Crippen LogP) is 3.43. The Morgan fingerprint density at radius 3 is 1.45 bits per heavy atom. The highest BCUT2D eigenvalue weighted by Gasteiger charge is 1.82. The second-order valence-corrected chi connectivity index (χ2v) is 4.15. The van der Waals surface area contributed by atoms with Gasteiger partial charge in [0.2, 0.25) is 0 Å². The summed E-state index contributed by atoms with van der Waals surface area (Å²) in [7, 11) is 0. The van der Waals surface area contributed by atoms with E-state index in [2.05, 4.69) is 69.4 Å². The van der Waals surface area contributed by atoms with Crippen molar-refractivity contribution < 1.29 is 0 Å². The van der Waals surface area contributed by atoms with Gasteiger partial charge in [0, 0.05) is 14.1 Å². The second kappa shape index (κ2) is 6.85. The van der Waals surface area contributed by atoms with Gasteiger partial charge in [-0.2, -0.15) is 5.26 Å². The number of nitrogens with zero attached hydrogens (tertiary/aromatic N) is 1. The molecule has 1 rings (SSSR count). The van der Waals surface area contributed by atoms with Gasteiger partial charge in [0.25, 0.3) is 0 Å². The molecule has 0 radical (unpaired) electrons. The van der Waals surface area contributed by atoms with Crippen molar-refractivity contribution in [3.05, 3.63) is 31.4 Å². The predicted molar refractivity (Wildman–Crippen MR) is 63.2 cm³/mol. The van der Waals surface area contributed by atoms with Crippen LogP contribution < -0.4 is 0 Å². The van der Waals surface area contributed by atoms with E-state index in [9.17, 15) is 0 Å². The van der Waals surface area contributed by atoms with Crippen LogP contribution in [-0.4, -0.2) is 0 Å². The molecule has 58 valence electrons. The molecule has 0 aromatic heterocycles. The molecule has 0 aliphatic carbocycles. The molecular formula is C8H7I2N. The van der Waals surface area contributed by atoms with Gasteiger partial charge in [-0.1, -0.05) is 0 Å². The van der Waals surface area contributed by atoms with Crippen LogP contribution in [0.3, 0.4) is 0 Å². The van der Waals surface area contributed by atoms with Gasteiger partial charge in [0.05, 0.1) is 6.07 Å². The van der Waals surface area contributed by atoms with E-state index in [0.29, 0.717) is 0 Å². The molecule has 0 aliphatic heterocycles. The van der Waals surface area contributed by atoms with Crippen LogP contribution in [0.4, 0.5) is 0 Å². The Hall–Kier alpha value is 0.170. The zero-order valence-corrected chi connectivity index (χ0v) is 10.3. The first kappa shape index (κ1) is 11.2. The van der Waals surface area contributed by atoms with Gasteiger partial charge >= 0.3 is 0 Å². The summed E-state index contributed by atoms with van der Waals surface area (Å²) in [5, 5.41) is 7.32. The summed E-state index contributed by atoms with van der Waals surface area (Å²) in [5.74, 6) is 0. The number of halogens is 2. The van der Waals surface area contributed by atoms with E-state index in [1.807, 2.05) is 0 Å². The Kier molecular flexibility index (Phi) is 6.96. The minimum atomic E-state index is 1.29. The maximum Gasteiger partial charge on any atom is 0.0587 e. The highest BCUT2D eigenvalue weighted by Crippen LogP contribution is 2.07. The Morgan fingerprint density at radius 2 is 1.27 bits per heavy atom. The Morgan fingerprint density at radius 1 is 1.09 bits per heavy atom. The average Bonchev–Trinajstić information content (AvgIpc) is 1.97. The van der Waals surface area contributed by atoms with E-state index in [-0.39, 0.29) is 0 Å². The third-order valence-electron chi connectivity index (χ3n) is 0.804. The van der Waals surface area contributed by atoms with E-state index in [1.54, 1.807) is 6.07 Å². The summed E-state index contributed by atoms with van der Waals surface area (Å²) < 4.78 is 2.59. The van der Waals surface area contributed by atoms with Crippen LogP contribution in [0.5, 0.6) is 0 Å². The number of benzene rings is 1. The molecule has 0 saturated carbocycles. The standard InChI is InChI=1S/C6H4I2.C2H3N/c7-5-1-2-6(8)4-3-5;1-2-3/h1-4H;1H3. The lowest BCUT2D eigenvalue weighted by Crippen LogP contribution is -1.68. The fourth-order valence-electron chi connectivity index (χ4n) is 0.430. The van der Waals surface area contributed by atoms with Crippen molar-refractivity contribution in [2.45, 2.75) is 6.92 Å². The molecule has 0 unspecified atom stereocenters. The number of rotatable bonds is 0. The van der Waals surface area contributed by atoms with Crippen molar-refractivity contribution in [2.24, 2.45) is 0 Å². The van der Waals surface area contributed by atoms with Crippen molar-refractivity contribution in [3.8, 4) is 6.07 Å². The van der Waals surface area contributed by atoms with E-state index < -0.39 is 0 Å². The van der Waals surface area contributed by atoms with Crippen molar-refractivity contribution in [1.29, 1.82) is 5.26 Å². The molecule has 0 saturated heterocycles. The fraction of sp³-hybridized carbons (Fsp3) is 0.125. The van der Waals surface area contributed by atoms with Crippen LogP contribution in [0.2, 0.25) is 0 Å². The first-order chi connectivity index (χ1) is 5.20. The lowest BCUT2D eigenvalue weighted by Gasteiger charge is -1.87. The van der Waals surface area contributed by atoms with Gasteiger partial charge in [-0.25, -0.2) is 0 Å². The fourth-order valence-corrected chi connectivity index (χ4v) is 1.15. The van der Waals surface area contributed by atoms with Gasteiger partial charge in [-0.3, -0.25) is 0 Å². The molecule has 0 aliphatic rings. The van der Waals surface area contributed by atoms with Gasteiger partial charge < -0.3 is 0 Å². The first-order valence-corrected chi connectivity index (χ1v) is 5.08. The molecule has 11 heavy (non-hydrogen) atoms. The number of nitriles is 1. The SMILES string of the molecule is CC#N.Ic1ccc(I)cc1. The molecule has 0 fully saturated rings. The summed E-state index contributed by atoms with van der Waals surface area (Å²) in [5.41, 5.74) is 0. The van der Waals surface area contributed by atoms with Crippen LogP contribution in [0.15, 0.2) is 24.3 Å². The average molecular weight is 371 g/mol. The summed E-state index contributed by atoms with van der Waals surface area (Å²) >= 11 is 4.59. The van der Waals surface area contributed by atoms with Crippen molar-refractivity contribution in [2.75, 3.05) is 0 Å². The van der Waals surface area contributed by atoms with E-state index >= 15 is 0 Å². The molecule has 0 N–H and O–H groups in total. The quantitative estimate of drug-likeness (QED) is 0.642. The van der Waals surface area contributed by atoms with Crippen LogP contribution in [0.25, 0.3) is 0 Å². The monoisotopic (exact) mass is 371 g/mol. The maximum atomic E-state index is 7.32. The number of hydrogen-bond acceptors (Lipinski definition) is 1. The summed E-state index contributed by atoms with van der Waals surface area (Å²) in [6, 6.07) is 10.1. The maximum absolute atomic E-state index is 7.32. The third kappa shape index (κ3) is 6.56. The Balaban J connectivity index is 0.000000292. The van der Waals surface area contributed by atoms with Crippen molar-refractivity contribution >= 4 is 45.2 Å². The van der Waals surface area contributed by atoms with Crippen LogP contribution >= 0.6 is 45.2 Å². The van der Waals surface area contributed by atoms with Crippen LogP contribution in [-0.2, 0) is 0 Å². The van der Waals surface area contributed by atoms with Gasteiger partial charge in [-0.15, -0.1) is 0 Å².